The van der Waals surface area contributed by atoms with Gasteiger partial charge in [-0.25, -0.2) is 18.0 Å². The molecule has 0 N–H and O–H groups in total. The maximum Gasteiger partial charge on any atom is 0.346 e. The van der Waals surface area contributed by atoms with E-state index in [1.165, 1.54) is 12.1 Å². The second kappa shape index (κ2) is 5.03. The van der Waals surface area contributed by atoms with Crippen LogP contribution in [0.5, 0.6) is 0 Å². The molecule has 2 aliphatic rings. The number of cyclic esters (lactones) is 2. The first kappa shape index (κ1) is 16.2. The molecule has 0 aliphatic carbocycles. The molecule has 8 heteroatoms. The average Bonchev–Trinajstić information content (AvgIpc) is 2.69. The van der Waals surface area contributed by atoms with Crippen LogP contribution in [-0.2, 0) is 14.6 Å². The van der Waals surface area contributed by atoms with E-state index < -0.39 is 21.8 Å². The largest absolute Gasteiger partial charge is 0.386 e. The number of rotatable bonds is 0. The Kier molecular flexibility index (Phi) is 2.91. The van der Waals surface area contributed by atoms with Gasteiger partial charge in [0.05, 0.1) is 38.1 Å². The lowest BCUT2D eigenvalue weighted by Crippen LogP contribution is -2.23. The molecule has 0 unspecified atom stereocenters. The molecular weight excluding hydrogens is 380 g/mol. The number of ether oxygens (including phenoxy) is 1. The Balaban J connectivity index is 2.21. The molecule has 0 amide bonds. The van der Waals surface area contributed by atoms with Crippen molar-refractivity contribution < 1.29 is 22.7 Å². The van der Waals surface area contributed by atoms with E-state index in [2.05, 4.69) is 0 Å². The van der Waals surface area contributed by atoms with Gasteiger partial charge in [-0.1, -0.05) is 18.2 Å². The number of sulfone groups is 1. The third-order valence-electron chi connectivity index (χ3n) is 4.94. The molecule has 0 saturated heterocycles. The molecule has 0 saturated carbocycles. The fraction of sp³-hybridized carbons (Fsp3) is 0. The first-order chi connectivity index (χ1) is 13.4. The van der Waals surface area contributed by atoms with E-state index in [9.17, 15) is 28.5 Å². The number of fused-ring (bicyclic) bond motifs is 2. The van der Waals surface area contributed by atoms with Crippen LogP contribution in [0.15, 0.2) is 46.2 Å². The molecule has 0 fully saturated rings. The van der Waals surface area contributed by atoms with Gasteiger partial charge in [0.1, 0.15) is 6.07 Å². The van der Waals surface area contributed by atoms with Crippen molar-refractivity contribution in [3.63, 3.8) is 0 Å². The zero-order chi connectivity index (χ0) is 19.8. The Morgan fingerprint density at radius 2 is 1.43 bits per heavy atom. The molecular formula is C20H6N2O5S. The highest BCUT2D eigenvalue weighted by Crippen LogP contribution is 2.49. The van der Waals surface area contributed by atoms with Gasteiger partial charge in [-0.3, -0.25) is 0 Å². The van der Waals surface area contributed by atoms with E-state index in [1.807, 2.05) is 12.1 Å². The monoisotopic (exact) mass is 386 g/mol. The van der Waals surface area contributed by atoms with E-state index in [-0.39, 0.29) is 53.9 Å². The first-order valence-corrected chi connectivity index (χ1v) is 9.47. The van der Waals surface area contributed by atoms with Crippen molar-refractivity contribution in [3.8, 4) is 23.3 Å². The highest BCUT2D eigenvalue weighted by atomic mass is 32.2. The van der Waals surface area contributed by atoms with Gasteiger partial charge < -0.3 is 4.74 Å². The van der Waals surface area contributed by atoms with Crippen LogP contribution in [0.2, 0.25) is 0 Å². The van der Waals surface area contributed by atoms with Gasteiger partial charge in [-0.05, 0) is 18.2 Å². The molecule has 132 valence electrons. The zero-order valence-corrected chi connectivity index (χ0v) is 14.6. The fourth-order valence-corrected chi connectivity index (χ4v) is 5.67. The van der Waals surface area contributed by atoms with E-state index in [0.717, 1.165) is 6.07 Å². The SMILES string of the molecule is N#Cc1cc2c3c(cc(C#N)c4c3c1-c1ccccc1S4(=O)=O)C(=O)OC2=O. The maximum atomic E-state index is 13.3. The zero-order valence-electron chi connectivity index (χ0n) is 13.8. The average molecular weight is 386 g/mol. The molecule has 7 nitrogen and oxygen atoms in total. The lowest BCUT2D eigenvalue weighted by Gasteiger charge is -2.26. The normalized spacial score (nSPS) is 15.4. The van der Waals surface area contributed by atoms with Gasteiger partial charge in [0.25, 0.3) is 0 Å². The third-order valence-corrected chi connectivity index (χ3v) is 6.83. The Bertz CT molecular complexity index is 1480. The summed E-state index contributed by atoms with van der Waals surface area (Å²) in [7, 11) is -4.12. The standard InChI is InChI=1S/C20H6N2O5S/c21-7-9-5-12-16-13(20(24)27-19(12)23)6-10(8-22)18-17(16)15(9)11-3-1-2-4-14(11)28(18,25)26/h1-6H. The van der Waals surface area contributed by atoms with Gasteiger partial charge in [0.15, 0.2) is 0 Å². The van der Waals surface area contributed by atoms with Crippen molar-refractivity contribution in [1.29, 1.82) is 10.5 Å². The molecule has 2 aliphatic heterocycles. The molecule has 0 aromatic heterocycles. The summed E-state index contributed by atoms with van der Waals surface area (Å²) in [5.41, 5.74) is 0.215. The van der Waals surface area contributed by atoms with Crippen LogP contribution < -0.4 is 0 Å². The molecule has 0 bridgehead atoms. The van der Waals surface area contributed by atoms with E-state index in [4.69, 9.17) is 4.74 Å². The minimum atomic E-state index is -4.12. The Labute approximate surface area is 157 Å². The van der Waals surface area contributed by atoms with Crippen molar-refractivity contribution in [2.45, 2.75) is 9.79 Å². The molecule has 5 rings (SSSR count). The quantitative estimate of drug-likeness (QED) is 0.336. The fourth-order valence-electron chi connectivity index (χ4n) is 3.87. The van der Waals surface area contributed by atoms with E-state index in [0.29, 0.717) is 0 Å². The van der Waals surface area contributed by atoms with Crippen LogP contribution in [0.3, 0.4) is 0 Å². The smallest absolute Gasteiger partial charge is 0.346 e. The molecule has 3 aromatic carbocycles. The summed E-state index contributed by atoms with van der Waals surface area (Å²) in [6.45, 7) is 0. The topological polar surface area (TPSA) is 125 Å². The van der Waals surface area contributed by atoms with Gasteiger partial charge in [-0.2, -0.15) is 10.5 Å². The summed E-state index contributed by atoms with van der Waals surface area (Å²) < 4.78 is 31.3. The second-order valence-electron chi connectivity index (χ2n) is 6.30. The molecule has 0 atom stereocenters. The van der Waals surface area contributed by atoms with Gasteiger partial charge in [-0.15, -0.1) is 0 Å². The minimum absolute atomic E-state index is 0.0341. The van der Waals surface area contributed by atoms with Crippen molar-refractivity contribution in [3.05, 3.63) is 58.7 Å². The van der Waals surface area contributed by atoms with Crippen molar-refractivity contribution in [1.82, 2.24) is 0 Å². The van der Waals surface area contributed by atoms with Crippen LogP contribution in [0.25, 0.3) is 21.9 Å². The minimum Gasteiger partial charge on any atom is -0.386 e. The van der Waals surface area contributed by atoms with Crippen LogP contribution >= 0.6 is 0 Å². The Morgan fingerprint density at radius 3 is 2.07 bits per heavy atom. The summed E-state index contributed by atoms with van der Waals surface area (Å²) >= 11 is 0. The maximum absolute atomic E-state index is 13.3. The molecule has 28 heavy (non-hydrogen) atoms. The summed E-state index contributed by atoms with van der Waals surface area (Å²) in [6, 6.07) is 12.3. The molecule has 0 spiro atoms. The van der Waals surface area contributed by atoms with Gasteiger partial charge >= 0.3 is 11.9 Å². The number of hydrogen-bond donors (Lipinski definition) is 0. The summed E-state index contributed by atoms with van der Waals surface area (Å²) in [5, 5.41) is 19.4. The van der Waals surface area contributed by atoms with Gasteiger partial charge in [0, 0.05) is 21.9 Å². The predicted octanol–water partition coefficient (Wildman–Crippen LogP) is 2.71. The van der Waals surface area contributed by atoms with E-state index >= 15 is 0 Å². The summed E-state index contributed by atoms with van der Waals surface area (Å²) in [5.74, 6) is -1.93. The highest BCUT2D eigenvalue weighted by molar-refractivity contribution is 7.92. The molecule has 2 heterocycles. The van der Waals surface area contributed by atoms with E-state index in [1.54, 1.807) is 18.2 Å². The van der Waals surface area contributed by atoms with Crippen molar-refractivity contribution in [2.75, 3.05) is 0 Å². The van der Waals surface area contributed by atoms with Crippen molar-refractivity contribution in [2.24, 2.45) is 0 Å². The second-order valence-corrected chi connectivity index (χ2v) is 8.15. The third kappa shape index (κ3) is 1.72. The predicted molar refractivity (Wildman–Crippen MR) is 94.0 cm³/mol. The number of hydrogen-bond acceptors (Lipinski definition) is 7. The number of carbonyl (C=O) groups is 2. The van der Waals surface area contributed by atoms with Crippen molar-refractivity contribution >= 4 is 32.5 Å². The summed E-state index contributed by atoms with van der Waals surface area (Å²) in [6.07, 6.45) is 0. The Morgan fingerprint density at radius 1 is 0.821 bits per heavy atom. The van der Waals surface area contributed by atoms with Gasteiger partial charge in [0.2, 0.25) is 9.84 Å². The number of nitrogens with zero attached hydrogens (tertiary/aromatic N) is 2. The van der Waals surface area contributed by atoms with Crippen LogP contribution in [-0.4, -0.2) is 20.4 Å². The molecule has 3 aromatic rings. The number of nitriles is 2. The number of benzene rings is 3. The summed E-state index contributed by atoms with van der Waals surface area (Å²) in [4.78, 5) is 24.2. The Hall–Kier alpha value is -4.01. The lowest BCUT2D eigenvalue weighted by molar-refractivity contribution is 0.0391. The van der Waals surface area contributed by atoms with Crippen LogP contribution in [0.4, 0.5) is 0 Å². The lowest BCUT2D eigenvalue weighted by atomic mass is 9.86. The first-order valence-electron chi connectivity index (χ1n) is 7.99. The number of carbonyl (C=O) groups excluding carboxylic acids is 2. The molecule has 0 radical (unpaired) electrons. The van der Waals surface area contributed by atoms with Crippen LogP contribution in [0.1, 0.15) is 31.8 Å². The van der Waals surface area contributed by atoms with Crippen LogP contribution in [0, 0.1) is 22.7 Å². The number of esters is 2. The highest BCUT2D eigenvalue weighted by Gasteiger charge is 2.40.